The second-order valence-electron chi connectivity index (χ2n) is 7.22. The lowest BCUT2D eigenvalue weighted by atomic mass is 9.95. The molecule has 2 heterocycles. The molecule has 0 saturated heterocycles. The highest BCUT2D eigenvalue weighted by Crippen LogP contribution is 2.39. The first-order chi connectivity index (χ1) is 15.8. The quantitative estimate of drug-likeness (QED) is 0.218. The number of aromatic amines is 1. The number of H-pyrrole nitrogens is 1. The predicted molar refractivity (Wildman–Crippen MR) is 120 cm³/mol. The van der Waals surface area contributed by atoms with E-state index in [-0.39, 0.29) is 27.7 Å². The fraction of sp³-hybridized carbons (Fsp3) is 0.167. The number of nitrogens with one attached hydrogen (secondary N) is 1. The lowest BCUT2D eigenvalue weighted by Gasteiger charge is -2.11. The summed E-state index contributed by atoms with van der Waals surface area (Å²) in [4.78, 5) is 52.8. The molecular formula is C24H19NO8. The van der Waals surface area contributed by atoms with Gasteiger partial charge in [0.05, 0.1) is 38.0 Å². The van der Waals surface area contributed by atoms with Crippen molar-refractivity contribution in [3.63, 3.8) is 0 Å². The maximum Gasteiger partial charge on any atom is 0.338 e. The Bertz CT molecular complexity index is 1550. The van der Waals surface area contributed by atoms with Gasteiger partial charge in [0.15, 0.2) is 5.58 Å². The standard InChI is InChI=1S/C24H19NO8/c1-11-6-5-7-12-19-13(15(23(28)31-3)9-17(26)30-2)8-14-16(24(29)32-4)10-18(27)33-22(14)21(19)25-20(11)12/h5-10,25H,1-4H3/b15-9-. The molecular weight excluding hydrogens is 430 g/mol. The number of hydrogen-bond donors (Lipinski definition) is 1. The fourth-order valence-electron chi connectivity index (χ4n) is 3.89. The lowest BCUT2D eigenvalue weighted by Crippen LogP contribution is -2.10. The normalized spacial score (nSPS) is 11.7. The van der Waals surface area contributed by atoms with Crippen LogP contribution in [0.1, 0.15) is 21.5 Å². The molecule has 0 saturated carbocycles. The number of hydrogen-bond acceptors (Lipinski definition) is 8. The Morgan fingerprint density at radius 1 is 0.939 bits per heavy atom. The topological polar surface area (TPSA) is 125 Å². The zero-order valence-electron chi connectivity index (χ0n) is 18.2. The fourth-order valence-corrected chi connectivity index (χ4v) is 3.89. The molecule has 2 aromatic carbocycles. The van der Waals surface area contributed by atoms with Crippen LogP contribution in [0.5, 0.6) is 0 Å². The average Bonchev–Trinajstić information content (AvgIpc) is 3.22. The van der Waals surface area contributed by atoms with Crippen LogP contribution in [0, 0.1) is 6.92 Å². The van der Waals surface area contributed by atoms with Gasteiger partial charge in [0.25, 0.3) is 0 Å². The highest BCUT2D eigenvalue weighted by atomic mass is 16.5. The summed E-state index contributed by atoms with van der Waals surface area (Å²) in [6, 6.07) is 8.06. The number of aryl methyl sites for hydroxylation is 1. The second kappa shape index (κ2) is 8.27. The number of para-hydroxylation sites is 1. The first-order valence-corrected chi connectivity index (χ1v) is 9.79. The molecule has 1 N–H and O–H groups in total. The Morgan fingerprint density at radius 2 is 1.70 bits per heavy atom. The van der Waals surface area contributed by atoms with Gasteiger partial charge in [-0.2, -0.15) is 0 Å². The lowest BCUT2D eigenvalue weighted by molar-refractivity contribution is -0.136. The Balaban J connectivity index is 2.30. The first kappa shape index (κ1) is 21.8. The Kier molecular flexibility index (Phi) is 5.47. The van der Waals surface area contributed by atoms with Gasteiger partial charge in [-0.1, -0.05) is 18.2 Å². The van der Waals surface area contributed by atoms with Crippen LogP contribution in [0.25, 0.3) is 38.3 Å². The van der Waals surface area contributed by atoms with Crippen molar-refractivity contribution in [2.45, 2.75) is 6.92 Å². The number of rotatable bonds is 4. The third-order valence-electron chi connectivity index (χ3n) is 5.39. The van der Waals surface area contributed by atoms with Crippen LogP contribution >= 0.6 is 0 Å². The summed E-state index contributed by atoms with van der Waals surface area (Å²) < 4.78 is 19.9. The van der Waals surface area contributed by atoms with Crippen molar-refractivity contribution in [3.05, 3.63) is 63.5 Å². The molecule has 9 nitrogen and oxygen atoms in total. The predicted octanol–water partition coefficient (Wildman–Crippen LogP) is 3.25. The summed E-state index contributed by atoms with van der Waals surface area (Å²) in [5.74, 6) is -2.32. The van der Waals surface area contributed by atoms with Gasteiger partial charge in [0.1, 0.15) is 0 Å². The number of benzene rings is 2. The summed E-state index contributed by atoms with van der Waals surface area (Å²) in [5.41, 5.74) is 1.50. The van der Waals surface area contributed by atoms with Gasteiger partial charge in [-0.15, -0.1) is 0 Å². The summed E-state index contributed by atoms with van der Waals surface area (Å²) in [7, 11) is 3.55. The van der Waals surface area contributed by atoms with Crippen LogP contribution < -0.4 is 5.63 Å². The number of ether oxygens (including phenoxy) is 3. The number of aromatic nitrogens is 1. The van der Waals surface area contributed by atoms with Crippen LogP contribution in [0.15, 0.2) is 45.6 Å². The van der Waals surface area contributed by atoms with E-state index in [1.165, 1.54) is 27.4 Å². The van der Waals surface area contributed by atoms with Gasteiger partial charge in [-0.3, -0.25) is 0 Å². The maximum absolute atomic E-state index is 12.7. The van der Waals surface area contributed by atoms with Crippen LogP contribution in [-0.4, -0.2) is 44.2 Å². The molecule has 4 aromatic rings. The largest absolute Gasteiger partial charge is 0.466 e. The van der Waals surface area contributed by atoms with Gasteiger partial charge < -0.3 is 23.6 Å². The molecule has 0 radical (unpaired) electrons. The van der Waals surface area contributed by atoms with Crippen molar-refractivity contribution < 1.29 is 33.0 Å². The Labute approximate surface area is 186 Å². The highest BCUT2D eigenvalue weighted by molar-refractivity contribution is 6.30. The molecule has 4 rings (SSSR count). The van der Waals surface area contributed by atoms with Crippen molar-refractivity contribution in [2.24, 2.45) is 0 Å². The van der Waals surface area contributed by atoms with Crippen molar-refractivity contribution >= 4 is 56.3 Å². The number of fused-ring (bicyclic) bond motifs is 5. The van der Waals surface area contributed by atoms with Gasteiger partial charge in [-0.05, 0) is 18.6 Å². The third kappa shape index (κ3) is 3.53. The Hall–Kier alpha value is -4.40. The molecule has 0 atom stereocenters. The van der Waals surface area contributed by atoms with E-state index in [4.69, 9.17) is 18.6 Å². The molecule has 0 aliphatic carbocycles. The van der Waals surface area contributed by atoms with Gasteiger partial charge in [0, 0.05) is 39.4 Å². The van der Waals surface area contributed by atoms with E-state index in [0.29, 0.717) is 16.3 Å². The van der Waals surface area contributed by atoms with E-state index in [1.54, 1.807) is 0 Å². The Morgan fingerprint density at radius 3 is 2.36 bits per heavy atom. The number of esters is 3. The monoisotopic (exact) mass is 449 g/mol. The van der Waals surface area contributed by atoms with Crippen LogP contribution in [-0.2, 0) is 23.8 Å². The highest BCUT2D eigenvalue weighted by Gasteiger charge is 2.25. The molecule has 0 bridgehead atoms. The van der Waals surface area contributed by atoms with Crippen molar-refractivity contribution in [1.82, 2.24) is 4.98 Å². The number of carbonyl (C=O) groups excluding carboxylic acids is 3. The molecule has 0 unspecified atom stereocenters. The maximum atomic E-state index is 12.7. The molecule has 168 valence electrons. The molecule has 2 aromatic heterocycles. The minimum Gasteiger partial charge on any atom is -0.466 e. The van der Waals surface area contributed by atoms with E-state index in [2.05, 4.69) is 4.98 Å². The SMILES string of the molecule is COC(=O)/C=C(\C(=O)OC)c1cc2c(C(=O)OC)cc(=O)oc2c2[nH]c3c(C)cccc3c12. The molecule has 33 heavy (non-hydrogen) atoms. The summed E-state index contributed by atoms with van der Waals surface area (Å²) >= 11 is 0. The van der Waals surface area contributed by atoms with Gasteiger partial charge in [-0.25, -0.2) is 19.2 Å². The summed E-state index contributed by atoms with van der Waals surface area (Å²) in [5, 5.41) is 1.44. The van der Waals surface area contributed by atoms with Crippen LogP contribution in [0.2, 0.25) is 0 Å². The minimum atomic E-state index is -0.792. The van der Waals surface area contributed by atoms with Crippen LogP contribution in [0.3, 0.4) is 0 Å². The van der Waals surface area contributed by atoms with E-state index in [0.717, 1.165) is 23.2 Å². The molecule has 0 amide bonds. The summed E-state index contributed by atoms with van der Waals surface area (Å²) in [6.45, 7) is 1.89. The third-order valence-corrected chi connectivity index (χ3v) is 5.39. The van der Waals surface area contributed by atoms with Gasteiger partial charge >= 0.3 is 23.5 Å². The zero-order chi connectivity index (χ0) is 23.9. The second-order valence-corrected chi connectivity index (χ2v) is 7.22. The van der Waals surface area contributed by atoms with E-state index in [1.807, 2.05) is 25.1 Å². The molecule has 9 heteroatoms. The smallest absolute Gasteiger partial charge is 0.338 e. The van der Waals surface area contributed by atoms with Crippen molar-refractivity contribution in [1.29, 1.82) is 0 Å². The van der Waals surface area contributed by atoms with Crippen molar-refractivity contribution in [2.75, 3.05) is 21.3 Å². The van der Waals surface area contributed by atoms with E-state index >= 15 is 0 Å². The van der Waals surface area contributed by atoms with Gasteiger partial charge in [0.2, 0.25) is 0 Å². The minimum absolute atomic E-state index is 0.0513. The van der Waals surface area contributed by atoms with Crippen LogP contribution in [0.4, 0.5) is 0 Å². The molecule has 0 aliphatic rings. The molecule has 0 spiro atoms. The first-order valence-electron chi connectivity index (χ1n) is 9.79. The van der Waals surface area contributed by atoms with Crippen molar-refractivity contribution in [3.8, 4) is 0 Å². The van der Waals surface area contributed by atoms with E-state index < -0.39 is 23.5 Å². The molecule has 0 fully saturated rings. The average molecular weight is 449 g/mol. The number of methoxy groups -OCH3 is 3. The van der Waals surface area contributed by atoms with E-state index in [9.17, 15) is 19.2 Å². The summed E-state index contributed by atoms with van der Waals surface area (Å²) in [6.07, 6.45) is 1.01. The number of carbonyl (C=O) groups is 3. The molecule has 0 aliphatic heterocycles. The zero-order valence-corrected chi connectivity index (χ0v) is 18.2.